The van der Waals surface area contributed by atoms with Gasteiger partial charge in [0.15, 0.2) is 17.6 Å². The van der Waals surface area contributed by atoms with Gasteiger partial charge in [0.2, 0.25) is 0 Å². The van der Waals surface area contributed by atoms with Gasteiger partial charge in [-0.1, -0.05) is 12.2 Å². The Kier molecular flexibility index (Phi) is 3.49. The number of carbonyl (C=O) groups excluding carboxylic acids is 1. The number of carbonyl (C=O) groups is 1. The molecule has 120 valence electrons. The fourth-order valence-electron chi connectivity index (χ4n) is 5.83. The van der Waals surface area contributed by atoms with Gasteiger partial charge in [0.25, 0.3) is 0 Å². The summed E-state index contributed by atoms with van der Waals surface area (Å²) in [5, 5.41) is 0. The van der Waals surface area contributed by atoms with Crippen molar-refractivity contribution in [3.8, 4) is 0 Å². The predicted molar refractivity (Wildman–Crippen MR) is 89.3 cm³/mol. The molecule has 23 heavy (non-hydrogen) atoms. The molecule has 3 aliphatic carbocycles. The van der Waals surface area contributed by atoms with Crippen LogP contribution in [0.25, 0.3) is 0 Å². The van der Waals surface area contributed by atoms with E-state index in [1.54, 1.807) is 13.2 Å². The Hall–Kier alpha value is -0.784. The predicted octanol–water partition coefficient (Wildman–Crippen LogP) is 0.978. The first-order chi connectivity index (χ1) is 10.7. The highest BCUT2D eigenvalue weighted by Crippen LogP contribution is 2.66. The molecule has 2 bridgehead atoms. The van der Waals surface area contributed by atoms with Crippen molar-refractivity contribution in [1.82, 2.24) is 4.90 Å². The fourth-order valence-corrected chi connectivity index (χ4v) is 5.83. The van der Waals surface area contributed by atoms with Crippen LogP contribution in [0, 0.1) is 23.2 Å². The number of ether oxygens (including phenoxy) is 2. The van der Waals surface area contributed by atoms with Gasteiger partial charge >= 0.3 is 23.1 Å². The van der Waals surface area contributed by atoms with Crippen LogP contribution >= 0.6 is 0 Å². The molecule has 2 aliphatic heterocycles. The Labute approximate surface area is 152 Å². The molecular weight excluding hydrogens is 303 g/mol. The Balaban J connectivity index is 0.00000135. The van der Waals surface area contributed by atoms with E-state index in [1.165, 1.54) is 0 Å². The molecule has 0 N–H and O–H groups in total. The standard InChI is InChI=1S/C18H21NO3.Mg.2H/c1-19-8-7-18-11-4-5-13(20)17(18)22-16-14(21-2)6-3-10(15(16)18)9-12(11)19;;;/h3-6,10-12,15,17H,7-9H2,1-2H3;;;/t10?,11-,12+,15?,17-,18-;;;/m0.../s1. The molecule has 2 saturated heterocycles. The molecule has 1 spiro atoms. The third-order valence-electron chi connectivity index (χ3n) is 6.72. The second-order valence-electron chi connectivity index (χ2n) is 7.36. The lowest BCUT2D eigenvalue weighted by atomic mass is 9.48. The second-order valence-corrected chi connectivity index (χ2v) is 7.36. The van der Waals surface area contributed by atoms with Crippen molar-refractivity contribution in [3.05, 3.63) is 35.8 Å². The first-order valence-corrected chi connectivity index (χ1v) is 8.22. The van der Waals surface area contributed by atoms with Crippen molar-refractivity contribution in [3.63, 3.8) is 0 Å². The van der Waals surface area contributed by atoms with Crippen LogP contribution in [0.2, 0.25) is 0 Å². The van der Waals surface area contributed by atoms with Crippen LogP contribution in [0.15, 0.2) is 35.8 Å². The number of ketones is 1. The lowest BCUT2D eigenvalue weighted by Crippen LogP contribution is -2.64. The van der Waals surface area contributed by atoms with Gasteiger partial charge in [0, 0.05) is 23.3 Å². The second kappa shape index (κ2) is 5.10. The van der Waals surface area contributed by atoms with E-state index in [1.807, 2.05) is 6.08 Å². The normalized spacial score (nSPS) is 46.2. The van der Waals surface area contributed by atoms with Crippen LogP contribution < -0.4 is 0 Å². The monoisotopic (exact) mass is 325 g/mol. The first kappa shape index (κ1) is 15.7. The maximum atomic E-state index is 12.6. The number of piperidine rings is 1. The van der Waals surface area contributed by atoms with E-state index < -0.39 is 0 Å². The van der Waals surface area contributed by atoms with Gasteiger partial charge in [-0.3, -0.25) is 4.79 Å². The Morgan fingerprint density at radius 3 is 2.96 bits per heavy atom. The molecule has 0 radical (unpaired) electrons. The first-order valence-electron chi connectivity index (χ1n) is 8.22. The summed E-state index contributed by atoms with van der Waals surface area (Å²) in [6, 6.07) is 0.513. The van der Waals surface area contributed by atoms with Gasteiger partial charge in [-0.15, -0.1) is 0 Å². The minimum absolute atomic E-state index is 0. The molecule has 6 atom stereocenters. The topological polar surface area (TPSA) is 38.8 Å². The summed E-state index contributed by atoms with van der Waals surface area (Å²) < 4.78 is 11.8. The molecule has 2 heterocycles. The summed E-state index contributed by atoms with van der Waals surface area (Å²) in [5.74, 6) is 3.07. The van der Waals surface area contributed by atoms with Crippen LogP contribution in [-0.4, -0.2) is 66.6 Å². The highest BCUT2D eigenvalue weighted by molar-refractivity contribution is 5.96. The zero-order chi connectivity index (χ0) is 15.1. The van der Waals surface area contributed by atoms with Crippen molar-refractivity contribution in [1.29, 1.82) is 0 Å². The number of hydrogen-bond acceptors (Lipinski definition) is 4. The van der Waals surface area contributed by atoms with Crippen LogP contribution in [0.5, 0.6) is 0 Å². The average Bonchev–Trinajstić information content (AvgIpc) is 2.88. The van der Waals surface area contributed by atoms with E-state index in [4.69, 9.17) is 9.47 Å². The number of hydrogen-bond donors (Lipinski definition) is 0. The van der Waals surface area contributed by atoms with E-state index in [0.29, 0.717) is 23.8 Å². The molecule has 0 aromatic carbocycles. The largest absolute Gasteiger partial charge is 0.493 e. The van der Waals surface area contributed by atoms with E-state index in [0.717, 1.165) is 30.9 Å². The zero-order valence-corrected chi connectivity index (χ0v) is 13.0. The number of nitrogens with zero attached hydrogens (tertiary/aromatic N) is 1. The third-order valence-corrected chi connectivity index (χ3v) is 6.72. The number of rotatable bonds is 1. The van der Waals surface area contributed by atoms with Gasteiger partial charge in [-0.05, 0) is 44.5 Å². The maximum Gasteiger partial charge on any atom is 0.316 e. The van der Waals surface area contributed by atoms with E-state index in [2.05, 4.69) is 24.1 Å². The molecule has 0 aromatic heterocycles. The Morgan fingerprint density at radius 1 is 1.35 bits per heavy atom. The van der Waals surface area contributed by atoms with Crippen molar-refractivity contribution >= 4 is 28.8 Å². The molecule has 5 aliphatic rings. The summed E-state index contributed by atoms with van der Waals surface area (Å²) in [4.78, 5) is 15.0. The Bertz CT molecular complexity index is 655. The van der Waals surface area contributed by atoms with Crippen LogP contribution in [0.3, 0.4) is 0 Å². The highest BCUT2D eigenvalue weighted by Gasteiger charge is 2.69. The van der Waals surface area contributed by atoms with Gasteiger partial charge in [-0.25, -0.2) is 0 Å². The maximum absolute atomic E-state index is 12.6. The van der Waals surface area contributed by atoms with E-state index >= 15 is 0 Å². The van der Waals surface area contributed by atoms with Crippen molar-refractivity contribution < 1.29 is 14.3 Å². The lowest BCUT2D eigenvalue weighted by molar-refractivity contribution is -0.140. The molecule has 5 heteroatoms. The smallest absolute Gasteiger partial charge is 0.316 e. The molecular formula is C18H23MgNO3. The van der Waals surface area contributed by atoms with Gasteiger partial charge in [-0.2, -0.15) is 0 Å². The van der Waals surface area contributed by atoms with Crippen molar-refractivity contribution in [2.75, 3.05) is 20.7 Å². The molecule has 3 fully saturated rings. The lowest BCUT2D eigenvalue weighted by Gasteiger charge is -2.59. The van der Waals surface area contributed by atoms with Crippen LogP contribution in [-0.2, 0) is 14.3 Å². The van der Waals surface area contributed by atoms with Crippen LogP contribution in [0.1, 0.15) is 12.8 Å². The van der Waals surface area contributed by atoms with Gasteiger partial charge < -0.3 is 14.4 Å². The summed E-state index contributed by atoms with van der Waals surface area (Å²) >= 11 is 0. The summed E-state index contributed by atoms with van der Waals surface area (Å²) in [6.45, 7) is 1.05. The molecule has 1 saturated carbocycles. The average molecular weight is 326 g/mol. The van der Waals surface area contributed by atoms with Crippen molar-refractivity contribution in [2.24, 2.45) is 23.2 Å². The summed E-state index contributed by atoms with van der Waals surface area (Å²) in [6.07, 6.45) is 10.1. The van der Waals surface area contributed by atoms with Gasteiger partial charge in [0.05, 0.1) is 7.11 Å². The molecule has 2 unspecified atom stereocenters. The van der Waals surface area contributed by atoms with E-state index in [-0.39, 0.29) is 40.4 Å². The summed E-state index contributed by atoms with van der Waals surface area (Å²) in [5.41, 5.74) is -0.0597. The number of allylic oxidation sites excluding steroid dienone is 3. The number of methoxy groups -OCH3 is 1. The molecule has 0 amide bonds. The molecule has 4 nitrogen and oxygen atoms in total. The van der Waals surface area contributed by atoms with Crippen molar-refractivity contribution in [2.45, 2.75) is 25.0 Å². The zero-order valence-electron chi connectivity index (χ0n) is 13.0. The molecule has 0 aromatic rings. The molecule has 5 rings (SSSR count). The fraction of sp³-hybridized carbons (Fsp3) is 0.611. The minimum Gasteiger partial charge on any atom is -0.493 e. The highest BCUT2D eigenvalue weighted by atomic mass is 24.3. The summed E-state index contributed by atoms with van der Waals surface area (Å²) in [7, 11) is 3.91. The van der Waals surface area contributed by atoms with E-state index in [9.17, 15) is 4.79 Å². The quantitative estimate of drug-likeness (QED) is 0.674. The Morgan fingerprint density at radius 2 is 2.17 bits per heavy atom. The minimum atomic E-state index is -0.313. The van der Waals surface area contributed by atoms with Gasteiger partial charge in [0.1, 0.15) is 5.76 Å². The van der Waals surface area contributed by atoms with Crippen LogP contribution in [0.4, 0.5) is 0 Å². The third kappa shape index (κ3) is 1.73. The number of likely N-dealkylation sites (tertiary alicyclic amines) is 1. The SMILES string of the molecule is COC1=C2O[C@H]3C(=O)C=C[C@H]4[C@H]5CC(C=C1)C2[C@@]34CCN5C.[MgH2].